The van der Waals surface area contributed by atoms with Crippen molar-refractivity contribution in [3.63, 3.8) is 0 Å². The monoisotopic (exact) mass is 458 g/mol. The number of furan rings is 1. The number of hydrogen-bond donors (Lipinski definition) is 1. The number of rotatable bonds is 5. The number of hydrogen-bond acceptors (Lipinski definition) is 4. The summed E-state index contributed by atoms with van der Waals surface area (Å²) in [5.74, 6) is 1.61. The summed E-state index contributed by atoms with van der Waals surface area (Å²) in [5, 5.41) is 5.02. The van der Waals surface area contributed by atoms with Crippen molar-refractivity contribution in [1.29, 1.82) is 0 Å². The van der Waals surface area contributed by atoms with Crippen molar-refractivity contribution < 1.29 is 9.21 Å². The summed E-state index contributed by atoms with van der Waals surface area (Å²) in [7, 11) is 0. The molecule has 0 aliphatic carbocycles. The molecule has 1 unspecified atom stereocenters. The normalized spacial score (nSPS) is 15.5. The zero-order valence-corrected chi connectivity index (χ0v) is 18.5. The van der Waals surface area contributed by atoms with Crippen molar-refractivity contribution in [3.8, 4) is 0 Å². The first-order valence-corrected chi connectivity index (χ1v) is 10.6. The zero-order chi connectivity index (χ0) is 19.0. The molecule has 1 N–H and O–H groups in total. The maximum atomic E-state index is 12.8. The van der Waals surface area contributed by atoms with E-state index in [1.165, 1.54) is 24.2 Å². The number of amides is 1. The number of carbonyl (C=O) groups excluding carboxylic acids is 1. The number of halogens is 3. The molecular formula is C20H21Cl3N2O2S. The van der Waals surface area contributed by atoms with Gasteiger partial charge in [0.1, 0.15) is 16.4 Å². The maximum Gasteiger partial charge on any atom is 0.263 e. The predicted octanol–water partition coefficient (Wildman–Crippen LogP) is 6.10. The molecule has 1 aliphatic heterocycles. The van der Waals surface area contributed by atoms with E-state index in [9.17, 15) is 4.79 Å². The number of fused-ring (bicyclic) bond motifs is 1. The second-order valence-corrected chi connectivity index (χ2v) is 8.67. The quantitative estimate of drug-likeness (QED) is 0.501. The molecule has 0 radical (unpaired) electrons. The Bertz CT molecular complexity index is 979. The van der Waals surface area contributed by atoms with Gasteiger partial charge in [-0.1, -0.05) is 29.3 Å². The van der Waals surface area contributed by atoms with Crippen molar-refractivity contribution in [2.75, 3.05) is 19.6 Å². The number of benzene rings is 1. The second-order valence-electron chi connectivity index (χ2n) is 6.80. The Balaban J connectivity index is 0.00000225. The minimum absolute atomic E-state index is 0. The molecule has 1 aromatic carbocycles. The number of likely N-dealkylation sites (tertiary alicyclic amines) is 1. The third-order valence-electron chi connectivity index (χ3n) is 4.92. The highest BCUT2D eigenvalue weighted by Crippen LogP contribution is 2.36. The first-order chi connectivity index (χ1) is 13.0. The van der Waals surface area contributed by atoms with Crippen LogP contribution in [0.5, 0.6) is 0 Å². The Kier molecular flexibility index (Phi) is 6.94. The van der Waals surface area contributed by atoms with Crippen LogP contribution in [-0.4, -0.2) is 30.4 Å². The molecule has 1 atom stereocenters. The highest BCUT2D eigenvalue weighted by molar-refractivity contribution is 7.21. The molecule has 8 heteroatoms. The highest BCUT2D eigenvalue weighted by atomic mass is 35.5. The van der Waals surface area contributed by atoms with E-state index in [0.717, 1.165) is 34.7 Å². The van der Waals surface area contributed by atoms with Gasteiger partial charge in [0.25, 0.3) is 5.91 Å². The van der Waals surface area contributed by atoms with E-state index in [1.54, 1.807) is 6.07 Å². The molecule has 0 spiro atoms. The van der Waals surface area contributed by atoms with E-state index in [2.05, 4.69) is 10.2 Å². The number of thiophene rings is 1. The fourth-order valence-electron chi connectivity index (χ4n) is 3.55. The largest absolute Gasteiger partial charge is 0.465 e. The lowest BCUT2D eigenvalue weighted by molar-refractivity contribution is 0.0938. The van der Waals surface area contributed by atoms with Crippen molar-refractivity contribution >= 4 is 62.9 Å². The molecule has 0 saturated carbocycles. The van der Waals surface area contributed by atoms with Crippen LogP contribution in [0.15, 0.2) is 34.7 Å². The van der Waals surface area contributed by atoms with E-state index in [1.807, 2.05) is 31.2 Å². The van der Waals surface area contributed by atoms with Crippen LogP contribution in [0.3, 0.4) is 0 Å². The molecule has 1 aliphatic rings. The first-order valence-electron chi connectivity index (χ1n) is 8.99. The third kappa shape index (κ3) is 4.34. The van der Waals surface area contributed by atoms with Crippen LogP contribution in [0.2, 0.25) is 10.0 Å². The zero-order valence-electron chi connectivity index (χ0n) is 15.3. The van der Waals surface area contributed by atoms with E-state index < -0.39 is 0 Å². The molecule has 1 amide bonds. The molecule has 0 bridgehead atoms. The maximum absolute atomic E-state index is 12.8. The number of nitrogens with zero attached hydrogens (tertiary/aromatic N) is 1. The summed E-state index contributed by atoms with van der Waals surface area (Å²) < 4.78 is 6.76. The summed E-state index contributed by atoms with van der Waals surface area (Å²) in [4.78, 5) is 15.7. The third-order valence-corrected chi connectivity index (χ3v) is 6.82. The van der Waals surface area contributed by atoms with Gasteiger partial charge in [0, 0.05) is 21.7 Å². The Hall–Kier alpha value is -1.24. The Morgan fingerprint density at radius 1 is 1.25 bits per heavy atom. The van der Waals surface area contributed by atoms with Crippen LogP contribution in [0, 0.1) is 6.92 Å². The predicted molar refractivity (Wildman–Crippen MR) is 118 cm³/mol. The lowest BCUT2D eigenvalue weighted by Crippen LogP contribution is -2.36. The minimum atomic E-state index is -0.162. The second kappa shape index (κ2) is 9.06. The Morgan fingerprint density at radius 3 is 2.68 bits per heavy atom. The SMILES string of the molecule is Cc1ccc(C(CNC(=O)c2sc3cc(Cl)ccc3c2Cl)N2CCCC2)o1.Cl. The van der Waals surface area contributed by atoms with Gasteiger partial charge in [-0.3, -0.25) is 9.69 Å². The Labute approximate surface area is 184 Å². The first kappa shape index (κ1) is 21.5. The van der Waals surface area contributed by atoms with E-state index in [4.69, 9.17) is 27.6 Å². The van der Waals surface area contributed by atoms with Gasteiger partial charge in [0.05, 0.1) is 11.1 Å². The van der Waals surface area contributed by atoms with E-state index in [-0.39, 0.29) is 24.4 Å². The molecule has 4 rings (SSSR count). The summed E-state index contributed by atoms with van der Waals surface area (Å²) in [5.41, 5.74) is 0. The molecule has 28 heavy (non-hydrogen) atoms. The number of carbonyl (C=O) groups is 1. The lowest BCUT2D eigenvalue weighted by atomic mass is 10.2. The topological polar surface area (TPSA) is 45.5 Å². The van der Waals surface area contributed by atoms with E-state index in [0.29, 0.717) is 21.5 Å². The summed E-state index contributed by atoms with van der Waals surface area (Å²) in [6.07, 6.45) is 2.35. The fraction of sp³-hybridized carbons (Fsp3) is 0.350. The molecule has 150 valence electrons. The van der Waals surface area contributed by atoms with Crippen LogP contribution >= 0.6 is 46.9 Å². The van der Waals surface area contributed by atoms with Crippen LogP contribution in [-0.2, 0) is 0 Å². The molecule has 4 nitrogen and oxygen atoms in total. The van der Waals surface area contributed by atoms with Gasteiger partial charge in [-0.25, -0.2) is 0 Å². The van der Waals surface area contributed by atoms with Gasteiger partial charge in [-0.15, -0.1) is 23.7 Å². The molecule has 3 heterocycles. The molecule has 1 saturated heterocycles. The Morgan fingerprint density at radius 2 is 2.00 bits per heavy atom. The van der Waals surface area contributed by atoms with Crippen LogP contribution in [0.1, 0.15) is 40.1 Å². The van der Waals surface area contributed by atoms with Gasteiger partial charge in [0.2, 0.25) is 0 Å². The van der Waals surface area contributed by atoms with Gasteiger partial charge < -0.3 is 9.73 Å². The number of nitrogens with one attached hydrogen (secondary N) is 1. The van der Waals surface area contributed by atoms with Gasteiger partial charge in [0.15, 0.2) is 0 Å². The molecule has 2 aromatic heterocycles. The average Bonchev–Trinajstić information content (AvgIpc) is 3.37. The van der Waals surface area contributed by atoms with Crippen LogP contribution in [0.4, 0.5) is 0 Å². The minimum Gasteiger partial charge on any atom is -0.465 e. The fourth-order valence-corrected chi connectivity index (χ4v) is 5.26. The van der Waals surface area contributed by atoms with Crippen LogP contribution < -0.4 is 5.32 Å². The van der Waals surface area contributed by atoms with Gasteiger partial charge >= 0.3 is 0 Å². The van der Waals surface area contributed by atoms with E-state index >= 15 is 0 Å². The van der Waals surface area contributed by atoms with Gasteiger partial charge in [-0.05, 0) is 57.1 Å². The standard InChI is InChI=1S/C20H20Cl2N2O2S.ClH/c1-12-4-7-16(26-12)15(24-8-2-3-9-24)11-23-20(25)19-18(22)14-6-5-13(21)10-17(14)27-19;/h4-7,10,15H,2-3,8-9,11H2,1H3,(H,23,25);1H. The van der Waals surface area contributed by atoms with Gasteiger partial charge in [-0.2, -0.15) is 0 Å². The van der Waals surface area contributed by atoms with Crippen molar-refractivity contribution in [2.24, 2.45) is 0 Å². The summed E-state index contributed by atoms with van der Waals surface area (Å²) in [6.45, 7) is 4.45. The van der Waals surface area contributed by atoms with Crippen molar-refractivity contribution in [1.82, 2.24) is 10.2 Å². The lowest BCUT2D eigenvalue weighted by Gasteiger charge is -2.26. The molecule has 3 aromatic rings. The molecular weight excluding hydrogens is 439 g/mol. The summed E-state index contributed by atoms with van der Waals surface area (Å²) >= 11 is 13.9. The summed E-state index contributed by atoms with van der Waals surface area (Å²) in [6, 6.07) is 9.47. The van der Waals surface area contributed by atoms with Crippen molar-refractivity contribution in [2.45, 2.75) is 25.8 Å². The average molecular weight is 460 g/mol. The van der Waals surface area contributed by atoms with Crippen LogP contribution in [0.25, 0.3) is 10.1 Å². The smallest absolute Gasteiger partial charge is 0.263 e. The number of aryl methyl sites for hydroxylation is 1. The highest BCUT2D eigenvalue weighted by Gasteiger charge is 2.27. The van der Waals surface area contributed by atoms with Crippen molar-refractivity contribution in [3.05, 3.63) is 56.8 Å². The molecule has 1 fully saturated rings.